The number of hydrogen-bond acceptors (Lipinski definition) is 3. The minimum Gasteiger partial charge on any atom is -0.367 e. The van der Waals surface area contributed by atoms with Gasteiger partial charge in [-0.15, -0.1) is 11.3 Å². The van der Waals surface area contributed by atoms with E-state index in [-0.39, 0.29) is 5.41 Å². The third kappa shape index (κ3) is 2.51. The van der Waals surface area contributed by atoms with Crippen molar-refractivity contribution >= 4 is 11.3 Å². The van der Waals surface area contributed by atoms with Crippen molar-refractivity contribution in [3.05, 3.63) is 28.8 Å². The van der Waals surface area contributed by atoms with Crippen molar-refractivity contribution in [2.24, 2.45) is 11.1 Å². The molecular weight excluding hydrogens is 218 g/mol. The normalized spacial score (nSPS) is 11.9. The fourth-order valence-corrected chi connectivity index (χ4v) is 2.55. The largest absolute Gasteiger partial charge is 0.367 e. The Morgan fingerprint density at radius 3 is 2.94 bits per heavy atom. The maximum absolute atomic E-state index is 5.73. The fourth-order valence-electron chi connectivity index (χ4n) is 1.49. The zero-order valence-electron chi connectivity index (χ0n) is 9.66. The van der Waals surface area contributed by atoms with Gasteiger partial charge in [0.05, 0.1) is 10.7 Å². The molecule has 0 spiro atoms. The molecule has 2 heterocycles. The van der Waals surface area contributed by atoms with Gasteiger partial charge in [0.25, 0.3) is 0 Å². The van der Waals surface area contributed by atoms with Gasteiger partial charge in [0.1, 0.15) is 0 Å². The van der Waals surface area contributed by atoms with E-state index in [0.29, 0.717) is 6.54 Å². The summed E-state index contributed by atoms with van der Waals surface area (Å²) in [5.41, 5.74) is 8.06. The molecule has 4 heteroatoms. The highest BCUT2D eigenvalue weighted by Crippen LogP contribution is 2.26. The van der Waals surface area contributed by atoms with E-state index in [4.69, 9.17) is 5.73 Å². The van der Waals surface area contributed by atoms with E-state index >= 15 is 0 Å². The number of hydrogen-bond donors (Lipinski definition) is 2. The maximum atomic E-state index is 5.73. The molecule has 86 valence electrons. The smallest absolute Gasteiger partial charge is 0.0938 e. The quantitative estimate of drug-likeness (QED) is 0.856. The molecule has 3 nitrogen and oxygen atoms in total. The van der Waals surface area contributed by atoms with Crippen molar-refractivity contribution < 1.29 is 0 Å². The van der Waals surface area contributed by atoms with Gasteiger partial charge in [-0.2, -0.15) is 0 Å². The Hall–Kier alpha value is -1.13. The summed E-state index contributed by atoms with van der Waals surface area (Å²) in [6.07, 6.45) is 4.82. The second-order valence-corrected chi connectivity index (χ2v) is 5.71. The van der Waals surface area contributed by atoms with Crippen LogP contribution in [0.25, 0.3) is 11.3 Å². The van der Waals surface area contributed by atoms with Gasteiger partial charge in [-0.05, 0) is 18.0 Å². The van der Waals surface area contributed by atoms with Crippen molar-refractivity contribution in [2.45, 2.75) is 20.3 Å². The lowest BCUT2D eigenvalue weighted by Gasteiger charge is -2.20. The lowest BCUT2D eigenvalue weighted by molar-refractivity contribution is 0.376. The van der Waals surface area contributed by atoms with Crippen LogP contribution in [0.5, 0.6) is 0 Å². The van der Waals surface area contributed by atoms with Crippen LogP contribution in [-0.4, -0.2) is 16.5 Å². The summed E-state index contributed by atoms with van der Waals surface area (Å²) in [4.78, 5) is 7.67. The Labute approximate surface area is 99.7 Å². The molecule has 0 aromatic carbocycles. The summed E-state index contributed by atoms with van der Waals surface area (Å²) < 4.78 is 0. The minimum atomic E-state index is 0.132. The summed E-state index contributed by atoms with van der Waals surface area (Å²) in [6.45, 7) is 5.03. The third-order valence-corrected chi connectivity index (χ3v) is 3.48. The highest BCUT2D eigenvalue weighted by atomic mass is 32.1. The summed E-state index contributed by atoms with van der Waals surface area (Å²) in [5.74, 6) is 0. The lowest BCUT2D eigenvalue weighted by Crippen LogP contribution is -2.25. The molecule has 0 aliphatic rings. The van der Waals surface area contributed by atoms with Crippen molar-refractivity contribution in [3.63, 3.8) is 0 Å². The second kappa shape index (κ2) is 4.39. The molecule has 2 rings (SSSR count). The Morgan fingerprint density at radius 1 is 1.50 bits per heavy atom. The van der Waals surface area contributed by atoms with E-state index in [1.54, 1.807) is 11.3 Å². The Kier molecular flexibility index (Phi) is 3.12. The number of aromatic nitrogens is 2. The standard InChI is InChI=1S/C12H17N3S/c1-12(2,8-13)5-11-15-10(7-16-11)9-3-4-14-6-9/h3-4,6-7,14H,5,8,13H2,1-2H3. The van der Waals surface area contributed by atoms with Crippen LogP contribution in [0.3, 0.4) is 0 Å². The zero-order chi connectivity index (χ0) is 11.6. The van der Waals surface area contributed by atoms with Crippen LogP contribution < -0.4 is 5.73 Å². The first kappa shape index (κ1) is 11.4. The molecular formula is C12H17N3S. The van der Waals surface area contributed by atoms with Crippen molar-refractivity contribution in [1.29, 1.82) is 0 Å². The van der Waals surface area contributed by atoms with Crippen molar-refractivity contribution in [1.82, 2.24) is 9.97 Å². The predicted octanol–water partition coefficient (Wildman–Crippen LogP) is 2.67. The molecule has 16 heavy (non-hydrogen) atoms. The van der Waals surface area contributed by atoms with Gasteiger partial charge in [-0.25, -0.2) is 4.98 Å². The molecule has 0 radical (unpaired) electrons. The number of nitrogens with one attached hydrogen (secondary N) is 1. The van der Waals surface area contributed by atoms with E-state index in [0.717, 1.165) is 22.7 Å². The molecule has 0 saturated carbocycles. The fraction of sp³-hybridized carbons (Fsp3) is 0.417. The molecule has 0 saturated heterocycles. The highest BCUT2D eigenvalue weighted by molar-refractivity contribution is 7.09. The van der Waals surface area contributed by atoms with E-state index in [1.807, 2.05) is 18.5 Å². The van der Waals surface area contributed by atoms with Crippen LogP contribution in [0.4, 0.5) is 0 Å². The number of aromatic amines is 1. The zero-order valence-corrected chi connectivity index (χ0v) is 10.5. The SMILES string of the molecule is CC(C)(CN)Cc1nc(-c2cc[nH]c2)cs1. The highest BCUT2D eigenvalue weighted by Gasteiger charge is 2.18. The summed E-state index contributed by atoms with van der Waals surface area (Å²) in [6, 6.07) is 2.03. The minimum absolute atomic E-state index is 0.132. The van der Waals surface area contributed by atoms with Gasteiger partial charge in [0.15, 0.2) is 0 Å². The summed E-state index contributed by atoms with van der Waals surface area (Å²) in [5, 5.41) is 3.26. The second-order valence-electron chi connectivity index (χ2n) is 4.77. The average Bonchev–Trinajstić information content (AvgIpc) is 2.86. The molecule has 3 N–H and O–H groups in total. The van der Waals surface area contributed by atoms with Crippen LogP contribution >= 0.6 is 11.3 Å². The maximum Gasteiger partial charge on any atom is 0.0938 e. The molecule has 0 fully saturated rings. The van der Waals surface area contributed by atoms with Crippen molar-refractivity contribution in [3.8, 4) is 11.3 Å². The van der Waals surface area contributed by atoms with Crippen molar-refractivity contribution in [2.75, 3.05) is 6.54 Å². The third-order valence-electron chi connectivity index (χ3n) is 2.63. The summed E-state index contributed by atoms with van der Waals surface area (Å²) >= 11 is 1.71. The summed E-state index contributed by atoms with van der Waals surface area (Å²) in [7, 11) is 0. The topological polar surface area (TPSA) is 54.7 Å². The molecule has 2 aromatic heterocycles. The number of thiazole rings is 1. The van der Waals surface area contributed by atoms with Gasteiger partial charge in [0.2, 0.25) is 0 Å². The van der Waals surface area contributed by atoms with Crippen LogP contribution in [0, 0.1) is 5.41 Å². The van der Waals surface area contributed by atoms with Gasteiger partial charge in [-0.1, -0.05) is 13.8 Å². The Bertz CT molecular complexity index is 443. The monoisotopic (exact) mass is 235 g/mol. The van der Waals surface area contributed by atoms with Gasteiger partial charge < -0.3 is 10.7 Å². The first-order valence-electron chi connectivity index (χ1n) is 5.38. The molecule has 2 aromatic rings. The van der Waals surface area contributed by atoms with E-state index in [2.05, 4.69) is 29.2 Å². The predicted molar refractivity (Wildman–Crippen MR) is 68.4 cm³/mol. The number of nitrogens with two attached hydrogens (primary N) is 1. The van der Waals surface area contributed by atoms with E-state index < -0.39 is 0 Å². The average molecular weight is 235 g/mol. The lowest BCUT2D eigenvalue weighted by atomic mass is 9.90. The van der Waals surface area contributed by atoms with Gasteiger partial charge >= 0.3 is 0 Å². The van der Waals surface area contributed by atoms with Gasteiger partial charge in [-0.3, -0.25) is 0 Å². The van der Waals surface area contributed by atoms with Gasteiger partial charge in [0, 0.05) is 29.8 Å². The molecule has 0 bridgehead atoms. The van der Waals surface area contributed by atoms with Crippen LogP contribution in [-0.2, 0) is 6.42 Å². The number of nitrogens with zero attached hydrogens (tertiary/aromatic N) is 1. The van der Waals surface area contributed by atoms with E-state index in [9.17, 15) is 0 Å². The molecule has 0 amide bonds. The Balaban J connectivity index is 2.14. The molecule has 0 aliphatic heterocycles. The van der Waals surface area contributed by atoms with Crippen LogP contribution in [0.2, 0.25) is 0 Å². The molecule has 0 aliphatic carbocycles. The van der Waals surface area contributed by atoms with E-state index in [1.165, 1.54) is 0 Å². The molecule has 0 atom stereocenters. The molecule has 0 unspecified atom stereocenters. The first-order chi connectivity index (χ1) is 7.61. The first-order valence-corrected chi connectivity index (χ1v) is 6.26. The Morgan fingerprint density at radius 2 is 2.31 bits per heavy atom. The van der Waals surface area contributed by atoms with Crippen LogP contribution in [0.1, 0.15) is 18.9 Å². The number of H-pyrrole nitrogens is 1. The number of rotatable bonds is 4. The van der Waals surface area contributed by atoms with Crippen LogP contribution in [0.15, 0.2) is 23.8 Å².